The van der Waals surface area contributed by atoms with E-state index in [-0.39, 0.29) is 0 Å². The number of nitrogens with zero attached hydrogens (tertiary/aromatic N) is 1. The van der Waals surface area contributed by atoms with E-state index in [4.69, 9.17) is 0 Å². The van der Waals surface area contributed by atoms with E-state index in [1.807, 2.05) is 5.55 Å². The van der Waals surface area contributed by atoms with Crippen LogP contribution in [-0.4, -0.2) is 10.9 Å². The molecule has 0 aliphatic carbocycles. The second kappa shape index (κ2) is 2.21. The van der Waals surface area contributed by atoms with Gasteiger partial charge in [0, 0.05) is 0 Å². The molecule has 9 heavy (non-hydrogen) atoms. The van der Waals surface area contributed by atoms with Gasteiger partial charge in [-0.15, -0.1) is 0 Å². The van der Waals surface area contributed by atoms with E-state index in [9.17, 15) is 0 Å². The molecular weight excluding hydrogens is 132 g/mol. The van der Waals surface area contributed by atoms with Gasteiger partial charge in [0.25, 0.3) is 0 Å². The first-order chi connectivity index (χ1) is 4.11. The second-order valence-corrected chi connectivity index (χ2v) is 4.20. The van der Waals surface area contributed by atoms with Gasteiger partial charge in [0.1, 0.15) is 0 Å². The summed E-state index contributed by atoms with van der Waals surface area (Å²) in [7, 11) is 0. The zero-order valence-corrected chi connectivity index (χ0v) is 6.83. The lowest BCUT2D eigenvalue weighted by atomic mass is 9.97. The molecule has 0 amide bonds. The minimum absolute atomic E-state index is 0.307. The molecule has 1 aliphatic heterocycles. The van der Waals surface area contributed by atoms with Crippen molar-refractivity contribution in [3.8, 4) is 0 Å². The average Bonchev–Trinajstić information content (AvgIpc) is 2.08. The van der Waals surface area contributed by atoms with Gasteiger partial charge in [0.05, 0.1) is 10.9 Å². The molecule has 1 unspecified atom stereocenters. The first-order valence-corrected chi connectivity index (χ1v) is 3.97. The first-order valence-electron chi connectivity index (χ1n) is 3.03. The van der Waals surface area contributed by atoms with Gasteiger partial charge < -0.3 is 0 Å². The van der Waals surface area contributed by atoms with Crippen LogP contribution in [0.3, 0.4) is 0 Å². The molecule has 0 aromatic heterocycles. The molecule has 1 atom stereocenters. The third-order valence-electron chi connectivity index (χ3n) is 1.23. The Morgan fingerprint density at radius 3 is 2.44 bits per heavy atom. The number of nitrogens with one attached hydrogen (secondary N) is 1. The molecule has 0 bridgehead atoms. The van der Waals surface area contributed by atoms with Crippen LogP contribution in [0.2, 0.25) is 0 Å². The molecule has 2 nitrogen and oxygen atoms in total. The Morgan fingerprint density at radius 1 is 1.56 bits per heavy atom. The summed E-state index contributed by atoms with van der Waals surface area (Å²) in [6, 6.07) is 0. The van der Waals surface area contributed by atoms with Crippen molar-refractivity contribution in [2.45, 2.75) is 26.1 Å². The zero-order valence-electron chi connectivity index (χ0n) is 6.01. The third kappa shape index (κ3) is 1.61. The molecule has 0 fully saturated rings. The van der Waals surface area contributed by atoms with Gasteiger partial charge in [-0.1, -0.05) is 32.5 Å². The van der Waals surface area contributed by atoms with Crippen molar-refractivity contribution in [2.75, 3.05) is 0 Å². The van der Waals surface area contributed by atoms with E-state index >= 15 is 0 Å². The molecule has 0 aromatic carbocycles. The third-order valence-corrected chi connectivity index (χ3v) is 2.54. The lowest BCUT2D eigenvalue weighted by Crippen LogP contribution is -2.31. The smallest absolute Gasteiger partial charge is 0.0995 e. The van der Waals surface area contributed by atoms with E-state index in [1.165, 1.54) is 0 Å². The van der Waals surface area contributed by atoms with Crippen LogP contribution in [0.1, 0.15) is 20.8 Å². The average molecular weight is 144 g/mol. The first kappa shape index (κ1) is 6.93. The van der Waals surface area contributed by atoms with Gasteiger partial charge in [-0.2, -0.15) is 5.10 Å². The zero-order chi connectivity index (χ0) is 6.91. The molecule has 0 spiro atoms. The molecule has 0 aromatic rings. The summed E-state index contributed by atoms with van der Waals surface area (Å²) < 4.78 is 0. The van der Waals surface area contributed by atoms with Gasteiger partial charge >= 0.3 is 0 Å². The minimum Gasteiger partial charge on any atom is -0.296 e. The largest absolute Gasteiger partial charge is 0.296 e. The number of thioether (sulfide) groups is 1. The van der Waals surface area contributed by atoms with Crippen LogP contribution in [0.4, 0.5) is 0 Å². The Hall–Kier alpha value is -0.180. The maximum atomic E-state index is 3.92. The Kier molecular flexibility index (Phi) is 1.70. The van der Waals surface area contributed by atoms with E-state index in [1.54, 1.807) is 11.8 Å². The summed E-state index contributed by atoms with van der Waals surface area (Å²) >= 11 is 1.75. The van der Waals surface area contributed by atoms with E-state index in [2.05, 4.69) is 31.3 Å². The molecule has 0 saturated carbocycles. The highest BCUT2D eigenvalue weighted by Gasteiger charge is 2.26. The van der Waals surface area contributed by atoms with Crippen molar-refractivity contribution in [1.29, 1.82) is 0 Å². The Labute approximate surface area is 60.1 Å². The second-order valence-electron chi connectivity index (χ2n) is 3.25. The van der Waals surface area contributed by atoms with Gasteiger partial charge in [0.2, 0.25) is 0 Å². The molecular formula is C6H12N2S. The fourth-order valence-corrected chi connectivity index (χ4v) is 1.39. The lowest BCUT2D eigenvalue weighted by Gasteiger charge is -2.24. The maximum absolute atomic E-state index is 3.92. The number of rotatable bonds is 0. The van der Waals surface area contributed by atoms with Crippen molar-refractivity contribution >= 4 is 17.3 Å². The molecule has 1 N–H and O–H groups in total. The molecule has 3 heteroatoms. The van der Waals surface area contributed by atoms with Crippen LogP contribution in [0, 0.1) is 5.41 Å². The predicted octanol–water partition coefficient (Wildman–Crippen LogP) is 1.64. The van der Waals surface area contributed by atoms with Crippen LogP contribution >= 0.6 is 11.8 Å². The van der Waals surface area contributed by atoms with Crippen molar-refractivity contribution in [3.05, 3.63) is 0 Å². The van der Waals surface area contributed by atoms with Crippen molar-refractivity contribution in [2.24, 2.45) is 10.5 Å². The number of hydrogen-bond acceptors (Lipinski definition) is 3. The van der Waals surface area contributed by atoms with Gasteiger partial charge in [-0.05, 0) is 5.41 Å². The number of hydrogen-bond donors (Lipinski definition) is 1. The van der Waals surface area contributed by atoms with Gasteiger partial charge in [-0.3, -0.25) is 5.43 Å². The summed E-state index contributed by atoms with van der Waals surface area (Å²) in [5, 5.41) is 4.38. The molecule has 1 aliphatic rings. The van der Waals surface area contributed by atoms with Crippen LogP contribution < -0.4 is 5.43 Å². The maximum Gasteiger partial charge on any atom is 0.0995 e. The predicted molar refractivity (Wildman–Crippen MR) is 42.5 cm³/mol. The quantitative estimate of drug-likeness (QED) is 0.559. The van der Waals surface area contributed by atoms with E-state index in [0.717, 1.165) is 0 Å². The van der Waals surface area contributed by atoms with Crippen LogP contribution in [0.25, 0.3) is 0 Å². The standard InChI is InChI=1S/C6H12N2S/c1-6(2,3)5-8-7-4-9-5/h4-5,8H,1-3H3. The summed E-state index contributed by atoms with van der Waals surface area (Å²) in [6.07, 6.45) is 0. The topological polar surface area (TPSA) is 24.4 Å². The summed E-state index contributed by atoms with van der Waals surface area (Å²) in [4.78, 5) is 0. The fraction of sp³-hybridized carbons (Fsp3) is 0.833. The molecule has 0 saturated heterocycles. The van der Waals surface area contributed by atoms with Crippen molar-refractivity contribution in [1.82, 2.24) is 5.43 Å². The molecule has 1 rings (SSSR count). The molecule has 1 heterocycles. The Morgan fingerprint density at radius 2 is 2.22 bits per heavy atom. The van der Waals surface area contributed by atoms with E-state index < -0.39 is 0 Å². The van der Waals surface area contributed by atoms with E-state index in [0.29, 0.717) is 10.8 Å². The van der Waals surface area contributed by atoms with Crippen molar-refractivity contribution < 1.29 is 0 Å². The fourth-order valence-electron chi connectivity index (χ4n) is 0.618. The SMILES string of the molecule is CC(C)(C)C1NN=CS1. The highest BCUT2D eigenvalue weighted by molar-refractivity contribution is 8.12. The minimum atomic E-state index is 0.307. The molecule has 0 radical (unpaired) electrons. The highest BCUT2D eigenvalue weighted by Crippen LogP contribution is 2.29. The Bertz CT molecular complexity index is 118. The van der Waals surface area contributed by atoms with Gasteiger partial charge in [0.15, 0.2) is 0 Å². The highest BCUT2D eigenvalue weighted by atomic mass is 32.2. The van der Waals surface area contributed by atoms with Crippen LogP contribution in [0.15, 0.2) is 5.10 Å². The monoisotopic (exact) mass is 144 g/mol. The summed E-state index contributed by atoms with van der Waals surface area (Å²) in [5.41, 5.74) is 5.19. The molecule has 52 valence electrons. The number of hydrazone groups is 1. The normalized spacial score (nSPS) is 26.3. The Balaban J connectivity index is 2.46. The van der Waals surface area contributed by atoms with Crippen LogP contribution in [-0.2, 0) is 0 Å². The summed E-state index contributed by atoms with van der Waals surface area (Å²) in [6.45, 7) is 6.60. The van der Waals surface area contributed by atoms with Crippen molar-refractivity contribution in [3.63, 3.8) is 0 Å². The van der Waals surface area contributed by atoms with Gasteiger partial charge in [-0.25, -0.2) is 0 Å². The van der Waals surface area contributed by atoms with Crippen LogP contribution in [0.5, 0.6) is 0 Å². The lowest BCUT2D eigenvalue weighted by molar-refractivity contribution is 0.360. The summed E-state index contributed by atoms with van der Waals surface area (Å²) in [5.74, 6) is 0.